The van der Waals surface area contributed by atoms with Crippen LogP contribution in [0.2, 0.25) is 5.15 Å². The van der Waals surface area contributed by atoms with Crippen LogP contribution in [0.25, 0.3) is 0 Å². The van der Waals surface area contributed by atoms with Crippen LogP contribution in [-0.4, -0.2) is 22.8 Å². The third kappa shape index (κ3) is 3.16. The van der Waals surface area contributed by atoms with Crippen molar-refractivity contribution in [2.75, 3.05) is 11.9 Å². The first-order chi connectivity index (χ1) is 8.31. The highest BCUT2D eigenvalue weighted by molar-refractivity contribution is 6.32. The molecule has 0 aliphatic heterocycles. The molecule has 0 spiro atoms. The van der Waals surface area contributed by atoms with Crippen molar-refractivity contribution in [1.82, 2.24) is 9.97 Å². The zero-order chi connectivity index (χ0) is 12.1. The van der Waals surface area contributed by atoms with Gasteiger partial charge < -0.3 is 5.32 Å². The number of halogens is 1. The summed E-state index contributed by atoms with van der Waals surface area (Å²) in [5, 5.41) is 3.37. The summed E-state index contributed by atoms with van der Waals surface area (Å²) in [6.45, 7) is 0.832. The number of carbonyl (C=O) groups is 1. The Labute approximate surface area is 106 Å². The molecule has 0 radical (unpaired) electrons. The minimum atomic E-state index is 0.207. The normalized spacial score (nSPS) is 16.1. The van der Waals surface area contributed by atoms with Crippen LogP contribution in [0.4, 0.5) is 5.82 Å². The largest absolute Gasteiger partial charge is 0.369 e. The van der Waals surface area contributed by atoms with Crippen molar-refractivity contribution in [3.63, 3.8) is 0 Å². The van der Waals surface area contributed by atoms with Crippen LogP contribution in [-0.2, 0) is 0 Å². The Bertz CT molecular complexity index is 391. The lowest BCUT2D eigenvalue weighted by Gasteiger charge is -2.11. The lowest BCUT2D eigenvalue weighted by Crippen LogP contribution is -2.10. The second-order valence-corrected chi connectivity index (χ2v) is 4.77. The van der Waals surface area contributed by atoms with Gasteiger partial charge in [0.1, 0.15) is 17.3 Å². The Hall–Kier alpha value is -1.16. The second-order valence-electron chi connectivity index (χ2n) is 4.41. The van der Waals surface area contributed by atoms with Crippen LogP contribution < -0.4 is 5.32 Å². The van der Waals surface area contributed by atoms with Crippen LogP contribution in [0.3, 0.4) is 0 Å². The van der Waals surface area contributed by atoms with E-state index in [2.05, 4.69) is 15.3 Å². The molecule has 1 aromatic heterocycles. The third-order valence-electron chi connectivity index (χ3n) is 3.27. The van der Waals surface area contributed by atoms with Gasteiger partial charge >= 0.3 is 0 Å². The quantitative estimate of drug-likeness (QED) is 0.648. The molecule has 0 atom stereocenters. The maximum atomic E-state index is 10.9. The number of nitrogens with zero attached hydrogens (tertiary/aromatic N) is 2. The monoisotopic (exact) mass is 253 g/mol. The molecule has 1 aliphatic rings. The van der Waals surface area contributed by atoms with E-state index in [0.717, 1.165) is 18.9 Å². The van der Waals surface area contributed by atoms with E-state index in [-0.39, 0.29) is 5.15 Å². The number of anilines is 1. The molecule has 5 heteroatoms. The summed E-state index contributed by atoms with van der Waals surface area (Å²) in [5.41, 5.74) is 0.348. The molecule has 1 aromatic rings. The Morgan fingerprint density at radius 1 is 1.41 bits per heavy atom. The summed E-state index contributed by atoms with van der Waals surface area (Å²) in [6.07, 6.45) is 8.54. The van der Waals surface area contributed by atoms with Gasteiger partial charge in [0.05, 0.1) is 5.56 Å². The summed E-state index contributed by atoms with van der Waals surface area (Å²) >= 11 is 5.81. The summed E-state index contributed by atoms with van der Waals surface area (Å²) in [7, 11) is 0. The van der Waals surface area contributed by atoms with Crippen molar-refractivity contribution in [2.45, 2.75) is 32.1 Å². The Morgan fingerprint density at radius 3 is 2.88 bits per heavy atom. The maximum absolute atomic E-state index is 10.9. The highest BCUT2D eigenvalue weighted by Crippen LogP contribution is 2.27. The molecule has 1 aliphatic carbocycles. The summed E-state index contributed by atoms with van der Waals surface area (Å²) in [6, 6.07) is 0. The number of hydrogen-bond acceptors (Lipinski definition) is 4. The van der Waals surface area contributed by atoms with E-state index in [0.29, 0.717) is 17.7 Å². The van der Waals surface area contributed by atoms with Crippen molar-refractivity contribution >= 4 is 23.7 Å². The number of carbonyl (C=O) groups excluding carboxylic acids is 1. The Morgan fingerprint density at radius 2 is 2.18 bits per heavy atom. The minimum absolute atomic E-state index is 0.207. The van der Waals surface area contributed by atoms with Crippen molar-refractivity contribution < 1.29 is 4.79 Å². The van der Waals surface area contributed by atoms with Gasteiger partial charge in [-0.05, 0) is 12.3 Å². The first-order valence-electron chi connectivity index (χ1n) is 6.01. The predicted octanol–water partition coefficient (Wildman–Crippen LogP) is 2.93. The predicted molar refractivity (Wildman–Crippen MR) is 67.5 cm³/mol. The van der Waals surface area contributed by atoms with Gasteiger partial charge in [0.25, 0.3) is 0 Å². The molecule has 4 nitrogen and oxygen atoms in total. The fourth-order valence-electron chi connectivity index (χ4n) is 2.31. The van der Waals surface area contributed by atoms with Gasteiger partial charge in [-0.25, -0.2) is 9.97 Å². The molecule has 1 saturated carbocycles. The molecule has 0 unspecified atom stereocenters. The zero-order valence-electron chi connectivity index (χ0n) is 9.66. The van der Waals surface area contributed by atoms with Crippen molar-refractivity contribution in [1.29, 1.82) is 0 Å². The highest BCUT2D eigenvalue weighted by Gasteiger charge is 2.15. The number of aldehydes is 1. The first kappa shape index (κ1) is 12.3. The van der Waals surface area contributed by atoms with E-state index < -0.39 is 0 Å². The molecule has 0 amide bonds. The van der Waals surface area contributed by atoms with Gasteiger partial charge in [-0.15, -0.1) is 0 Å². The summed E-state index contributed by atoms with van der Waals surface area (Å²) in [5.74, 6) is 1.36. The van der Waals surface area contributed by atoms with Crippen LogP contribution in [0, 0.1) is 5.92 Å². The number of hydrogen-bond donors (Lipinski definition) is 1. The molecule has 2 rings (SSSR count). The van der Waals surface area contributed by atoms with E-state index in [9.17, 15) is 4.79 Å². The second kappa shape index (κ2) is 5.96. The van der Waals surface area contributed by atoms with Gasteiger partial charge in [-0.3, -0.25) is 4.79 Å². The maximum Gasteiger partial charge on any atom is 0.156 e. The van der Waals surface area contributed by atoms with E-state index in [1.54, 1.807) is 0 Å². The smallest absolute Gasteiger partial charge is 0.156 e. The van der Waals surface area contributed by atoms with Gasteiger partial charge in [-0.1, -0.05) is 37.3 Å². The zero-order valence-corrected chi connectivity index (χ0v) is 10.4. The molecule has 0 saturated heterocycles. The molecule has 0 aromatic carbocycles. The minimum Gasteiger partial charge on any atom is -0.369 e. The average Bonchev–Trinajstić information content (AvgIpc) is 2.82. The van der Waals surface area contributed by atoms with Crippen LogP contribution >= 0.6 is 11.6 Å². The topological polar surface area (TPSA) is 54.9 Å². The molecular formula is C12H16ClN3O. The van der Waals surface area contributed by atoms with Gasteiger partial charge in [0, 0.05) is 6.54 Å². The highest BCUT2D eigenvalue weighted by atomic mass is 35.5. The van der Waals surface area contributed by atoms with E-state index >= 15 is 0 Å². The molecule has 1 fully saturated rings. The van der Waals surface area contributed by atoms with E-state index in [4.69, 9.17) is 11.6 Å². The number of aromatic nitrogens is 2. The van der Waals surface area contributed by atoms with Crippen molar-refractivity contribution in [2.24, 2.45) is 5.92 Å². The van der Waals surface area contributed by atoms with E-state index in [1.807, 2.05) is 0 Å². The summed E-state index contributed by atoms with van der Waals surface area (Å²) in [4.78, 5) is 18.7. The van der Waals surface area contributed by atoms with E-state index in [1.165, 1.54) is 32.0 Å². The molecular weight excluding hydrogens is 238 g/mol. The standard InChI is InChI=1S/C12H16ClN3O/c13-11-10(7-17)12(16-8-15-11)14-6-5-9-3-1-2-4-9/h7-9H,1-6H2,(H,14,15,16). The fourth-order valence-corrected chi connectivity index (χ4v) is 2.49. The summed E-state index contributed by atoms with van der Waals surface area (Å²) < 4.78 is 0. The van der Waals surface area contributed by atoms with Gasteiger partial charge in [0.2, 0.25) is 0 Å². The first-order valence-corrected chi connectivity index (χ1v) is 6.38. The third-order valence-corrected chi connectivity index (χ3v) is 3.57. The van der Waals surface area contributed by atoms with Crippen molar-refractivity contribution in [3.05, 3.63) is 17.0 Å². The molecule has 0 bridgehead atoms. The number of rotatable bonds is 5. The molecule has 1 N–H and O–H groups in total. The molecule has 92 valence electrons. The lowest BCUT2D eigenvalue weighted by molar-refractivity contribution is 0.112. The Balaban J connectivity index is 1.89. The Kier molecular flexibility index (Phi) is 4.31. The number of nitrogens with one attached hydrogen (secondary N) is 1. The van der Waals surface area contributed by atoms with Crippen LogP contribution in [0.15, 0.2) is 6.33 Å². The lowest BCUT2D eigenvalue weighted by atomic mass is 10.0. The van der Waals surface area contributed by atoms with Gasteiger partial charge in [0.15, 0.2) is 6.29 Å². The van der Waals surface area contributed by atoms with Crippen molar-refractivity contribution in [3.8, 4) is 0 Å². The fraction of sp³-hybridized carbons (Fsp3) is 0.583. The average molecular weight is 254 g/mol. The molecule has 1 heterocycles. The van der Waals surface area contributed by atoms with Gasteiger partial charge in [-0.2, -0.15) is 0 Å². The molecule has 17 heavy (non-hydrogen) atoms. The SMILES string of the molecule is O=Cc1c(Cl)ncnc1NCCC1CCCC1. The van der Waals surface area contributed by atoms with Crippen LogP contribution in [0.5, 0.6) is 0 Å². The van der Waals surface area contributed by atoms with Crippen LogP contribution in [0.1, 0.15) is 42.5 Å².